The number of fused-ring (bicyclic) bond motifs is 2. The first-order valence-electron chi connectivity index (χ1n) is 8.52. The molecular formula is C20H19NO5. The summed E-state index contributed by atoms with van der Waals surface area (Å²) in [7, 11) is 0. The van der Waals surface area contributed by atoms with Gasteiger partial charge in [-0.2, -0.15) is 0 Å². The van der Waals surface area contributed by atoms with E-state index in [2.05, 4.69) is 0 Å². The molecule has 1 aliphatic carbocycles. The average molecular weight is 353 g/mol. The van der Waals surface area contributed by atoms with E-state index in [-0.39, 0.29) is 12.3 Å². The number of carboxylic acids is 2. The molecule has 4 N–H and O–H groups in total. The Hall–Kier alpha value is -2.86. The van der Waals surface area contributed by atoms with Crippen LogP contribution in [0.1, 0.15) is 29.9 Å². The highest BCUT2D eigenvalue weighted by Gasteiger charge is 2.59. The third kappa shape index (κ3) is 2.54. The standard InChI is InChI=1S/C20H19NO5/c21-20(19(24)25,15-9-13(15)18(22)23)10-14-11-5-1-3-7-16(11)26-17-8-4-2-6-12(14)17/h1-8,13-15H,9-10,21H2,(H,22,23)(H,24,25)/t13-,15+,20+/m1/s1. The van der Waals surface area contributed by atoms with Gasteiger partial charge in [-0.25, -0.2) is 0 Å². The number of benzene rings is 2. The molecule has 2 aromatic carbocycles. The van der Waals surface area contributed by atoms with Gasteiger partial charge in [-0.3, -0.25) is 9.59 Å². The quantitative estimate of drug-likeness (QED) is 0.762. The van der Waals surface area contributed by atoms with Crippen molar-refractivity contribution in [3.63, 3.8) is 0 Å². The maximum absolute atomic E-state index is 12.0. The van der Waals surface area contributed by atoms with Gasteiger partial charge in [0.2, 0.25) is 0 Å². The highest BCUT2D eigenvalue weighted by atomic mass is 16.5. The van der Waals surface area contributed by atoms with Crippen LogP contribution in [0.5, 0.6) is 11.5 Å². The van der Waals surface area contributed by atoms with Gasteiger partial charge in [-0.15, -0.1) is 0 Å². The highest BCUT2D eigenvalue weighted by Crippen LogP contribution is 2.53. The molecule has 1 aliphatic heterocycles. The minimum atomic E-state index is -1.61. The van der Waals surface area contributed by atoms with Crippen LogP contribution in [-0.4, -0.2) is 27.7 Å². The number of para-hydroxylation sites is 2. The zero-order chi connectivity index (χ0) is 18.5. The van der Waals surface area contributed by atoms with Crippen LogP contribution in [0.2, 0.25) is 0 Å². The number of aliphatic carboxylic acids is 2. The summed E-state index contributed by atoms with van der Waals surface area (Å²) < 4.78 is 5.94. The highest BCUT2D eigenvalue weighted by molar-refractivity contribution is 5.83. The Labute approximate surface area is 150 Å². The second-order valence-corrected chi connectivity index (χ2v) is 7.07. The zero-order valence-corrected chi connectivity index (χ0v) is 14.0. The number of carboxylic acid groups (broad SMARTS) is 2. The Morgan fingerprint density at radius 1 is 1.04 bits per heavy atom. The summed E-state index contributed by atoms with van der Waals surface area (Å²) in [5.74, 6) is -2.33. The third-order valence-corrected chi connectivity index (χ3v) is 5.52. The molecule has 4 rings (SSSR count). The molecule has 1 heterocycles. The van der Waals surface area contributed by atoms with Crippen LogP contribution in [0.25, 0.3) is 0 Å². The van der Waals surface area contributed by atoms with Crippen LogP contribution >= 0.6 is 0 Å². The molecule has 134 valence electrons. The van der Waals surface area contributed by atoms with Gasteiger partial charge in [0.15, 0.2) is 0 Å². The van der Waals surface area contributed by atoms with Crippen LogP contribution in [0.15, 0.2) is 48.5 Å². The van der Waals surface area contributed by atoms with Gasteiger partial charge < -0.3 is 20.7 Å². The predicted molar refractivity (Wildman–Crippen MR) is 93.2 cm³/mol. The van der Waals surface area contributed by atoms with Gasteiger partial charge in [0.05, 0.1) is 5.92 Å². The van der Waals surface area contributed by atoms with Crippen LogP contribution in [0.4, 0.5) is 0 Å². The van der Waals surface area contributed by atoms with Crippen molar-refractivity contribution in [1.29, 1.82) is 0 Å². The summed E-state index contributed by atoms with van der Waals surface area (Å²) in [6.07, 6.45) is 0.415. The Balaban J connectivity index is 1.75. The van der Waals surface area contributed by atoms with Crippen LogP contribution in [0, 0.1) is 11.8 Å². The third-order valence-electron chi connectivity index (χ3n) is 5.52. The molecule has 3 atom stereocenters. The summed E-state index contributed by atoms with van der Waals surface area (Å²) in [5, 5.41) is 19.0. The van der Waals surface area contributed by atoms with Crippen molar-refractivity contribution in [2.45, 2.75) is 24.3 Å². The smallest absolute Gasteiger partial charge is 0.324 e. The van der Waals surface area contributed by atoms with Gasteiger partial charge in [-0.1, -0.05) is 36.4 Å². The number of nitrogens with two attached hydrogens (primary N) is 1. The van der Waals surface area contributed by atoms with Crippen LogP contribution in [-0.2, 0) is 9.59 Å². The second kappa shape index (κ2) is 5.85. The maximum atomic E-state index is 12.0. The van der Waals surface area contributed by atoms with Crippen LogP contribution in [0.3, 0.4) is 0 Å². The van der Waals surface area contributed by atoms with Gasteiger partial charge in [-0.05, 0) is 25.0 Å². The van der Waals surface area contributed by atoms with E-state index in [1.807, 2.05) is 48.5 Å². The number of rotatable bonds is 5. The van der Waals surface area contributed by atoms with Crippen molar-refractivity contribution in [2.24, 2.45) is 17.6 Å². The molecule has 0 spiro atoms. The summed E-state index contributed by atoms with van der Waals surface area (Å²) in [4.78, 5) is 23.3. The van der Waals surface area contributed by atoms with Crippen molar-refractivity contribution in [1.82, 2.24) is 0 Å². The minimum absolute atomic E-state index is 0.119. The van der Waals surface area contributed by atoms with Gasteiger partial charge >= 0.3 is 11.9 Å². The van der Waals surface area contributed by atoms with Crippen molar-refractivity contribution in [2.75, 3.05) is 0 Å². The van der Waals surface area contributed by atoms with Crippen molar-refractivity contribution in [3.8, 4) is 11.5 Å². The summed E-state index contributed by atoms with van der Waals surface area (Å²) in [6.45, 7) is 0. The molecular weight excluding hydrogens is 334 g/mol. The number of hydrogen-bond acceptors (Lipinski definition) is 4. The maximum Gasteiger partial charge on any atom is 0.324 e. The van der Waals surface area contributed by atoms with Gasteiger partial charge in [0.25, 0.3) is 0 Å². The van der Waals surface area contributed by atoms with Crippen molar-refractivity contribution < 1.29 is 24.5 Å². The lowest BCUT2D eigenvalue weighted by molar-refractivity contribution is -0.145. The fraction of sp³-hybridized carbons (Fsp3) is 0.300. The van der Waals surface area contributed by atoms with Crippen molar-refractivity contribution >= 4 is 11.9 Å². The Kier molecular flexibility index (Phi) is 3.73. The molecule has 26 heavy (non-hydrogen) atoms. The Bertz CT molecular complexity index is 850. The van der Waals surface area contributed by atoms with E-state index >= 15 is 0 Å². The van der Waals surface area contributed by atoms with E-state index in [0.29, 0.717) is 17.9 Å². The van der Waals surface area contributed by atoms with Gasteiger partial charge in [0, 0.05) is 23.0 Å². The number of ether oxygens (including phenoxy) is 1. The van der Waals surface area contributed by atoms with E-state index < -0.39 is 29.3 Å². The molecule has 2 aromatic rings. The van der Waals surface area contributed by atoms with E-state index in [1.165, 1.54) is 0 Å². The summed E-state index contributed by atoms with van der Waals surface area (Å²) in [5.41, 5.74) is 6.45. The fourth-order valence-corrected chi connectivity index (χ4v) is 4.00. The van der Waals surface area contributed by atoms with E-state index in [4.69, 9.17) is 10.5 Å². The molecule has 0 unspecified atom stereocenters. The van der Waals surface area contributed by atoms with E-state index in [0.717, 1.165) is 11.1 Å². The van der Waals surface area contributed by atoms with E-state index in [1.54, 1.807) is 0 Å². The van der Waals surface area contributed by atoms with Crippen molar-refractivity contribution in [3.05, 3.63) is 59.7 Å². The molecule has 1 saturated carbocycles. The summed E-state index contributed by atoms with van der Waals surface area (Å²) in [6, 6.07) is 15.0. The molecule has 0 aromatic heterocycles. The lowest BCUT2D eigenvalue weighted by atomic mass is 9.76. The molecule has 2 aliphatic rings. The molecule has 6 nitrogen and oxygen atoms in total. The zero-order valence-electron chi connectivity index (χ0n) is 14.0. The molecule has 0 saturated heterocycles. The topological polar surface area (TPSA) is 110 Å². The summed E-state index contributed by atoms with van der Waals surface area (Å²) >= 11 is 0. The SMILES string of the molecule is N[C@](CC1c2ccccc2Oc2ccccc21)(C(=O)O)[C@H]1C[C@H]1C(=O)O. The lowest BCUT2D eigenvalue weighted by Crippen LogP contribution is -2.52. The Morgan fingerprint density at radius 2 is 1.58 bits per heavy atom. The fourth-order valence-electron chi connectivity index (χ4n) is 4.00. The monoisotopic (exact) mass is 353 g/mol. The van der Waals surface area contributed by atoms with Crippen LogP contribution < -0.4 is 10.5 Å². The molecule has 0 bridgehead atoms. The van der Waals surface area contributed by atoms with Gasteiger partial charge in [0.1, 0.15) is 17.0 Å². The predicted octanol–water partition coefficient (Wildman–Crippen LogP) is 2.82. The first-order chi connectivity index (χ1) is 12.4. The Morgan fingerprint density at radius 3 is 2.04 bits per heavy atom. The minimum Gasteiger partial charge on any atom is -0.481 e. The normalized spacial score (nSPS) is 23.1. The number of hydrogen-bond donors (Lipinski definition) is 3. The largest absolute Gasteiger partial charge is 0.481 e. The average Bonchev–Trinajstić information content (AvgIpc) is 3.43. The first kappa shape index (κ1) is 16.6. The van der Waals surface area contributed by atoms with E-state index in [9.17, 15) is 19.8 Å². The lowest BCUT2D eigenvalue weighted by Gasteiger charge is -2.34. The first-order valence-corrected chi connectivity index (χ1v) is 8.52. The molecule has 0 amide bonds. The number of carbonyl (C=O) groups is 2. The second-order valence-electron chi connectivity index (χ2n) is 7.07. The molecule has 1 fully saturated rings. The molecule has 6 heteroatoms. The molecule has 0 radical (unpaired) electrons.